The van der Waals surface area contributed by atoms with Crippen LogP contribution in [0.4, 0.5) is 5.69 Å². The van der Waals surface area contributed by atoms with Crippen LogP contribution >= 0.6 is 11.8 Å². The Balaban J connectivity index is 2.61. The van der Waals surface area contributed by atoms with Crippen LogP contribution < -0.4 is 5.32 Å². The van der Waals surface area contributed by atoms with Gasteiger partial charge < -0.3 is 5.32 Å². The van der Waals surface area contributed by atoms with Gasteiger partial charge >= 0.3 is 0 Å². The van der Waals surface area contributed by atoms with E-state index in [1.807, 2.05) is 30.8 Å². The van der Waals surface area contributed by atoms with E-state index in [1.165, 1.54) is 0 Å². The molecule has 0 amide bonds. The molecule has 0 spiro atoms. The molecule has 2 unspecified atom stereocenters. The molecule has 0 fully saturated rings. The highest BCUT2D eigenvalue weighted by Gasteiger charge is 2.17. The Morgan fingerprint density at radius 3 is 2.67 bits per heavy atom. The second kappa shape index (κ2) is 7.38. The van der Waals surface area contributed by atoms with E-state index in [9.17, 15) is 10.1 Å². The minimum absolute atomic E-state index is 0.000608. The topological polar surface area (TPSA) is 55.2 Å². The van der Waals surface area contributed by atoms with Crippen LogP contribution in [0.3, 0.4) is 0 Å². The third-order valence-electron chi connectivity index (χ3n) is 3.00. The van der Waals surface area contributed by atoms with Gasteiger partial charge in [-0.2, -0.15) is 11.8 Å². The number of thioether (sulfide) groups is 1. The highest BCUT2D eigenvalue weighted by molar-refractivity contribution is 7.99. The van der Waals surface area contributed by atoms with Crippen molar-refractivity contribution in [2.45, 2.75) is 31.6 Å². The number of hydrogen-bond donors (Lipinski definition) is 1. The molecule has 0 aromatic heterocycles. The van der Waals surface area contributed by atoms with Gasteiger partial charge in [0, 0.05) is 22.9 Å². The van der Waals surface area contributed by atoms with Gasteiger partial charge in [0.05, 0.1) is 4.92 Å². The van der Waals surface area contributed by atoms with Crippen LogP contribution in [-0.2, 0) is 0 Å². The first-order valence-corrected chi connectivity index (χ1v) is 7.34. The molecule has 0 aliphatic carbocycles. The summed E-state index contributed by atoms with van der Waals surface area (Å²) in [4.78, 5) is 10.6. The summed E-state index contributed by atoms with van der Waals surface area (Å²) in [6.07, 6.45) is 3.16. The Labute approximate surface area is 112 Å². The number of hydrogen-bond acceptors (Lipinski definition) is 4. The van der Waals surface area contributed by atoms with Crippen LogP contribution in [0.2, 0.25) is 0 Å². The van der Waals surface area contributed by atoms with Gasteiger partial charge in [-0.25, -0.2) is 0 Å². The number of nitrogens with zero attached hydrogens (tertiary/aromatic N) is 1. The monoisotopic (exact) mass is 268 g/mol. The van der Waals surface area contributed by atoms with Crippen LogP contribution in [0.1, 0.15) is 31.9 Å². The van der Waals surface area contributed by atoms with Crippen molar-refractivity contribution in [2.24, 2.45) is 0 Å². The summed E-state index contributed by atoms with van der Waals surface area (Å²) in [5, 5.41) is 14.9. The molecule has 1 aromatic carbocycles. The van der Waals surface area contributed by atoms with Gasteiger partial charge in [-0.05, 0) is 26.1 Å². The fourth-order valence-corrected chi connectivity index (χ4v) is 2.10. The first-order valence-electron chi connectivity index (χ1n) is 6.05. The van der Waals surface area contributed by atoms with E-state index in [2.05, 4.69) is 18.5 Å². The summed E-state index contributed by atoms with van der Waals surface area (Å²) < 4.78 is 0. The highest BCUT2D eigenvalue weighted by Crippen LogP contribution is 2.24. The predicted molar refractivity (Wildman–Crippen MR) is 77.1 cm³/mol. The number of nitro groups is 1. The maximum absolute atomic E-state index is 10.9. The van der Waals surface area contributed by atoms with E-state index in [1.54, 1.807) is 12.1 Å². The Kier molecular flexibility index (Phi) is 6.15. The molecule has 0 aliphatic heterocycles. The highest BCUT2D eigenvalue weighted by atomic mass is 32.2. The summed E-state index contributed by atoms with van der Waals surface area (Å²) in [7, 11) is 0. The lowest BCUT2D eigenvalue weighted by molar-refractivity contribution is -0.385. The average Bonchev–Trinajstić information content (AvgIpc) is 2.38. The molecule has 0 saturated carbocycles. The largest absolute Gasteiger partial charge is 0.310 e. The Morgan fingerprint density at radius 2 is 2.06 bits per heavy atom. The number of para-hydroxylation sites is 1. The van der Waals surface area contributed by atoms with Gasteiger partial charge in [0.15, 0.2) is 0 Å². The number of nitro benzene ring substituents is 1. The molecule has 5 heteroatoms. The second-order valence-electron chi connectivity index (χ2n) is 4.33. The molecule has 4 nitrogen and oxygen atoms in total. The van der Waals surface area contributed by atoms with Crippen molar-refractivity contribution in [1.29, 1.82) is 0 Å². The SMILES string of the molecule is CSC(C)CCNC(C)c1ccccc1[N+](=O)[O-]. The van der Waals surface area contributed by atoms with Gasteiger partial charge in [0.25, 0.3) is 5.69 Å². The fourth-order valence-electron chi connectivity index (χ4n) is 1.75. The molecule has 2 atom stereocenters. The van der Waals surface area contributed by atoms with Gasteiger partial charge in [-0.1, -0.05) is 25.1 Å². The third kappa shape index (κ3) is 4.31. The first-order chi connectivity index (χ1) is 8.56. The molecule has 0 radical (unpaired) electrons. The van der Waals surface area contributed by atoms with Gasteiger partial charge in [0.2, 0.25) is 0 Å². The second-order valence-corrected chi connectivity index (χ2v) is 5.60. The quantitative estimate of drug-likeness (QED) is 0.608. The van der Waals surface area contributed by atoms with E-state index >= 15 is 0 Å². The zero-order valence-corrected chi connectivity index (χ0v) is 11.9. The third-order valence-corrected chi connectivity index (χ3v) is 4.04. The Bertz CT molecular complexity index is 398. The van der Waals surface area contributed by atoms with Crippen molar-refractivity contribution in [2.75, 3.05) is 12.8 Å². The van der Waals surface area contributed by atoms with Gasteiger partial charge in [-0.3, -0.25) is 10.1 Å². The lowest BCUT2D eigenvalue weighted by Gasteiger charge is -2.15. The zero-order chi connectivity index (χ0) is 13.5. The molecular formula is C13H20N2O2S. The van der Waals surface area contributed by atoms with Crippen LogP contribution in [0.25, 0.3) is 0 Å². The van der Waals surface area contributed by atoms with E-state index in [0.717, 1.165) is 18.5 Å². The van der Waals surface area contributed by atoms with Crippen molar-refractivity contribution in [3.63, 3.8) is 0 Å². The van der Waals surface area contributed by atoms with Crippen LogP contribution in [0.5, 0.6) is 0 Å². The van der Waals surface area contributed by atoms with Crippen molar-refractivity contribution < 1.29 is 4.92 Å². The summed E-state index contributed by atoms with van der Waals surface area (Å²) in [6.45, 7) is 5.02. The molecule has 1 aromatic rings. The van der Waals surface area contributed by atoms with Crippen molar-refractivity contribution in [3.05, 3.63) is 39.9 Å². The average molecular weight is 268 g/mol. The van der Waals surface area contributed by atoms with Crippen molar-refractivity contribution in [1.82, 2.24) is 5.32 Å². The van der Waals surface area contributed by atoms with Crippen LogP contribution in [-0.4, -0.2) is 23.0 Å². The number of nitrogens with one attached hydrogen (secondary N) is 1. The van der Waals surface area contributed by atoms with Crippen LogP contribution in [0, 0.1) is 10.1 Å². The molecule has 0 saturated heterocycles. The molecule has 1 N–H and O–H groups in total. The Hall–Kier alpha value is -1.07. The molecule has 0 bridgehead atoms. The number of benzene rings is 1. The molecule has 1 rings (SSSR count). The van der Waals surface area contributed by atoms with Crippen molar-refractivity contribution >= 4 is 17.4 Å². The standard InChI is InChI=1S/C13H20N2O2S/c1-10(18-3)8-9-14-11(2)12-6-4-5-7-13(12)15(16)17/h4-7,10-11,14H,8-9H2,1-3H3. The van der Waals surface area contributed by atoms with Crippen molar-refractivity contribution in [3.8, 4) is 0 Å². The molecular weight excluding hydrogens is 248 g/mol. The summed E-state index contributed by atoms with van der Waals surface area (Å²) in [5.41, 5.74) is 0.940. The predicted octanol–water partition coefficient (Wildman–Crippen LogP) is 3.39. The molecule has 0 heterocycles. The maximum atomic E-state index is 10.9. The summed E-state index contributed by atoms with van der Waals surface area (Å²) in [5.74, 6) is 0. The van der Waals surface area contributed by atoms with Gasteiger partial charge in [0.1, 0.15) is 0 Å². The van der Waals surface area contributed by atoms with E-state index in [4.69, 9.17) is 0 Å². The molecule has 100 valence electrons. The lowest BCUT2D eigenvalue weighted by Crippen LogP contribution is -2.22. The minimum atomic E-state index is -0.321. The summed E-state index contributed by atoms with van der Waals surface area (Å²) in [6, 6.07) is 6.90. The van der Waals surface area contributed by atoms with Crippen LogP contribution in [0.15, 0.2) is 24.3 Å². The smallest absolute Gasteiger partial charge is 0.274 e. The van der Waals surface area contributed by atoms with E-state index in [0.29, 0.717) is 5.25 Å². The molecule has 0 aliphatic rings. The minimum Gasteiger partial charge on any atom is -0.310 e. The molecule has 18 heavy (non-hydrogen) atoms. The summed E-state index contributed by atoms with van der Waals surface area (Å²) >= 11 is 1.83. The maximum Gasteiger partial charge on any atom is 0.274 e. The first kappa shape index (κ1) is 15.0. The Morgan fingerprint density at radius 1 is 1.39 bits per heavy atom. The lowest BCUT2D eigenvalue weighted by atomic mass is 10.1. The van der Waals surface area contributed by atoms with E-state index < -0.39 is 0 Å². The number of rotatable bonds is 7. The normalized spacial score (nSPS) is 14.2. The zero-order valence-electron chi connectivity index (χ0n) is 11.1. The fraction of sp³-hybridized carbons (Fsp3) is 0.538. The van der Waals surface area contributed by atoms with Gasteiger partial charge in [-0.15, -0.1) is 0 Å². The van der Waals surface area contributed by atoms with E-state index in [-0.39, 0.29) is 16.7 Å².